The summed E-state index contributed by atoms with van der Waals surface area (Å²) in [5, 5.41) is 0.830. The van der Waals surface area contributed by atoms with Crippen molar-refractivity contribution in [3.8, 4) is 0 Å². The highest BCUT2D eigenvalue weighted by atomic mass is 35.5. The number of rotatable bonds is 4. The zero-order chi connectivity index (χ0) is 19.7. The van der Waals surface area contributed by atoms with E-state index in [0.717, 1.165) is 4.90 Å². The molecule has 0 saturated heterocycles. The van der Waals surface area contributed by atoms with Crippen molar-refractivity contribution in [1.82, 2.24) is 5.06 Å². The standard InChI is InChI=1S/C21H12ClNO4S/c22-13-10-11-18(28-14-6-2-1-3-7-14)17(12-13)21(26)27-23-19(24)15-8-4-5-9-16(15)20(23)25/h1-12H. The second kappa shape index (κ2) is 7.50. The van der Waals surface area contributed by atoms with Crippen molar-refractivity contribution >= 4 is 41.1 Å². The van der Waals surface area contributed by atoms with E-state index in [1.54, 1.807) is 24.3 Å². The van der Waals surface area contributed by atoms with E-state index < -0.39 is 17.8 Å². The van der Waals surface area contributed by atoms with Crippen LogP contribution in [-0.4, -0.2) is 22.8 Å². The molecule has 0 spiro atoms. The molecule has 0 fully saturated rings. The zero-order valence-electron chi connectivity index (χ0n) is 14.3. The lowest BCUT2D eigenvalue weighted by Gasteiger charge is -2.14. The molecule has 0 aliphatic carbocycles. The molecule has 0 N–H and O–H groups in total. The van der Waals surface area contributed by atoms with E-state index in [-0.39, 0.29) is 16.7 Å². The van der Waals surface area contributed by atoms with Crippen molar-refractivity contribution in [3.05, 3.63) is 94.5 Å². The van der Waals surface area contributed by atoms with Crippen LogP contribution < -0.4 is 0 Å². The Morgan fingerprint density at radius 2 is 1.46 bits per heavy atom. The molecule has 28 heavy (non-hydrogen) atoms. The van der Waals surface area contributed by atoms with Crippen molar-refractivity contribution < 1.29 is 19.2 Å². The highest BCUT2D eigenvalue weighted by Crippen LogP contribution is 2.33. The van der Waals surface area contributed by atoms with Gasteiger partial charge >= 0.3 is 5.97 Å². The summed E-state index contributed by atoms with van der Waals surface area (Å²) >= 11 is 7.40. The molecule has 0 bridgehead atoms. The number of hydrogen-bond acceptors (Lipinski definition) is 5. The fourth-order valence-corrected chi connectivity index (χ4v) is 3.86. The predicted octanol–water partition coefficient (Wildman–Crippen LogP) is 4.86. The Morgan fingerprint density at radius 3 is 2.11 bits per heavy atom. The fourth-order valence-electron chi connectivity index (χ4n) is 2.75. The summed E-state index contributed by atoms with van der Waals surface area (Å²) in [4.78, 5) is 44.3. The average Bonchev–Trinajstić information content (AvgIpc) is 2.95. The summed E-state index contributed by atoms with van der Waals surface area (Å²) < 4.78 is 0. The molecule has 2 amide bonds. The van der Waals surface area contributed by atoms with E-state index >= 15 is 0 Å². The Morgan fingerprint density at radius 1 is 0.857 bits per heavy atom. The number of fused-ring (bicyclic) bond motifs is 1. The van der Waals surface area contributed by atoms with Crippen molar-refractivity contribution in [2.45, 2.75) is 9.79 Å². The maximum atomic E-state index is 12.8. The highest BCUT2D eigenvalue weighted by Gasteiger charge is 2.39. The van der Waals surface area contributed by atoms with Crippen molar-refractivity contribution in [2.75, 3.05) is 0 Å². The summed E-state index contributed by atoms with van der Waals surface area (Å²) in [6, 6.07) is 20.6. The molecule has 0 saturated carbocycles. The predicted molar refractivity (Wildman–Crippen MR) is 104 cm³/mol. The van der Waals surface area contributed by atoms with Crippen LogP contribution in [0, 0.1) is 0 Å². The first-order chi connectivity index (χ1) is 13.5. The summed E-state index contributed by atoms with van der Waals surface area (Å²) in [6.45, 7) is 0. The highest BCUT2D eigenvalue weighted by molar-refractivity contribution is 7.99. The minimum atomic E-state index is -0.838. The van der Waals surface area contributed by atoms with Crippen LogP contribution in [0.25, 0.3) is 0 Å². The SMILES string of the molecule is O=C(ON1C(=O)c2ccccc2C1=O)c1cc(Cl)ccc1Sc1ccccc1. The van der Waals surface area contributed by atoms with E-state index in [1.807, 2.05) is 30.3 Å². The Labute approximate surface area is 169 Å². The van der Waals surface area contributed by atoms with Crippen LogP contribution >= 0.6 is 23.4 Å². The van der Waals surface area contributed by atoms with Gasteiger partial charge in [-0.25, -0.2) is 4.79 Å². The van der Waals surface area contributed by atoms with Crippen LogP contribution in [0.5, 0.6) is 0 Å². The maximum Gasteiger partial charge on any atom is 0.365 e. The van der Waals surface area contributed by atoms with Crippen LogP contribution in [-0.2, 0) is 4.84 Å². The molecule has 5 nitrogen and oxygen atoms in total. The lowest BCUT2D eigenvalue weighted by Crippen LogP contribution is -2.32. The van der Waals surface area contributed by atoms with Gasteiger partial charge in [-0.2, -0.15) is 0 Å². The number of benzene rings is 3. The molecule has 0 aromatic heterocycles. The van der Waals surface area contributed by atoms with Gasteiger partial charge in [-0.3, -0.25) is 9.59 Å². The van der Waals surface area contributed by atoms with E-state index in [2.05, 4.69) is 0 Å². The molecule has 0 atom stereocenters. The van der Waals surface area contributed by atoms with E-state index in [1.165, 1.54) is 30.0 Å². The van der Waals surface area contributed by atoms with Gasteiger partial charge < -0.3 is 4.84 Å². The van der Waals surface area contributed by atoms with Gasteiger partial charge in [0.1, 0.15) is 0 Å². The first-order valence-electron chi connectivity index (χ1n) is 8.27. The Kier molecular flexibility index (Phi) is 4.90. The molecular weight excluding hydrogens is 398 g/mol. The quantitative estimate of drug-likeness (QED) is 0.576. The number of imide groups is 1. The largest absolute Gasteiger partial charge is 0.365 e. The monoisotopic (exact) mass is 409 g/mol. The van der Waals surface area contributed by atoms with E-state index in [4.69, 9.17) is 16.4 Å². The summed E-state index contributed by atoms with van der Waals surface area (Å²) in [5.74, 6) is -2.18. The third-order valence-electron chi connectivity index (χ3n) is 4.06. The maximum absolute atomic E-state index is 12.8. The lowest BCUT2D eigenvalue weighted by molar-refractivity contribution is -0.0586. The van der Waals surface area contributed by atoms with E-state index in [9.17, 15) is 14.4 Å². The van der Waals surface area contributed by atoms with Gasteiger partial charge in [0.25, 0.3) is 11.8 Å². The van der Waals surface area contributed by atoms with Crippen LogP contribution in [0.3, 0.4) is 0 Å². The van der Waals surface area contributed by atoms with Crippen LogP contribution in [0.2, 0.25) is 5.02 Å². The van der Waals surface area contributed by atoms with Gasteiger partial charge in [-0.05, 0) is 42.5 Å². The van der Waals surface area contributed by atoms with Crippen molar-refractivity contribution in [2.24, 2.45) is 0 Å². The first kappa shape index (κ1) is 18.3. The van der Waals surface area contributed by atoms with Crippen LogP contribution in [0.1, 0.15) is 31.1 Å². The number of halogens is 1. The fraction of sp³-hybridized carbons (Fsp3) is 0. The average molecular weight is 410 g/mol. The molecule has 4 rings (SSSR count). The minimum absolute atomic E-state index is 0.165. The molecule has 0 unspecified atom stereocenters. The smallest absolute Gasteiger partial charge is 0.324 e. The minimum Gasteiger partial charge on any atom is -0.324 e. The summed E-state index contributed by atoms with van der Waals surface area (Å²) in [5.41, 5.74) is 0.563. The van der Waals surface area contributed by atoms with Crippen LogP contribution in [0.4, 0.5) is 0 Å². The molecular formula is C21H12ClNO4S. The van der Waals surface area contributed by atoms with Gasteiger partial charge in [0.05, 0.1) is 16.7 Å². The molecule has 7 heteroatoms. The van der Waals surface area contributed by atoms with Crippen LogP contribution in [0.15, 0.2) is 82.6 Å². The molecule has 1 aliphatic rings. The van der Waals surface area contributed by atoms with Crippen molar-refractivity contribution in [3.63, 3.8) is 0 Å². The zero-order valence-corrected chi connectivity index (χ0v) is 15.9. The van der Waals surface area contributed by atoms with Gasteiger partial charge in [0.2, 0.25) is 0 Å². The van der Waals surface area contributed by atoms with Gasteiger partial charge in [0.15, 0.2) is 0 Å². The number of carbonyl (C=O) groups excluding carboxylic acids is 3. The topological polar surface area (TPSA) is 63.7 Å². The first-order valence-corrected chi connectivity index (χ1v) is 9.46. The molecule has 3 aromatic carbocycles. The molecule has 1 heterocycles. The molecule has 1 aliphatic heterocycles. The normalized spacial score (nSPS) is 12.8. The Hall–Kier alpha value is -3.09. The number of amides is 2. The number of carbonyl (C=O) groups is 3. The number of hydroxylamine groups is 2. The van der Waals surface area contributed by atoms with Gasteiger partial charge in [0, 0.05) is 14.8 Å². The number of nitrogens with zero attached hydrogens (tertiary/aromatic N) is 1. The van der Waals surface area contributed by atoms with Gasteiger partial charge in [-0.1, -0.05) is 58.8 Å². The third kappa shape index (κ3) is 3.40. The number of hydrogen-bond donors (Lipinski definition) is 0. The molecule has 3 aromatic rings. The second-order valence-electron chi connectivity index (χ2n) is 5.88. The lowest BCUT2D eigenvalue weighted by atomic mass is 10.1. The Balaban J connectivity index is 1.61. The van der Waals surface area contributed by atoms with E-state index in [0.29, 0.717) is 15.0 Å². The Bertz CT molecular complexity index is 1070. The second-order valence-corrected chi connectivity index (χ2v) is 7.44. The molecule has 138 valence electrons. The van der Waals surface area contributed by atoms with Gasteiger partial charge in [-0.15, -0.1) is 0 Å². The summed E-state index contributed by atoms with van der Waals surface area (Å²) in [6.07, 6.45) is 0. The summed E-state index contributed by atoms with van der Waals surface area (Å²) in [7, 11) is 0. The van der Waals surface area contributed by atoms with Crippen molar-refractivity contribution in [1.29, 1.82) is 0 Å². The third-order valence-corrected chi connectivity index (χ3v) is 5.38. The molecule has 0 radical (unpaired) electrons.